The molecular weight excluding hydrogens is 148 g/mol. The Hall–Kier alpha value is 0.700. The van der Waals surface area contributed by atoms with Crippen molar-refractivity contribution in [2.45, 2.75) is 29.8 Å². The SMILES string of the molecule is S[C@@H]1C[C@@H]2C[C@@H]1C[C@H]2S. The van der Waals surface area contributed by atoms with Crippen LogP contribution >= 0.6 is 25.3 Å². The second-order valence-electron chi connectivity index (χ2n) is 3.36. The first-order chi connectivity index (χ1) is 4.27. The molecule has 2 aliphatic rings. The van der Waals surface area contributed by atoms with Gasteiger partial charge in [0.15, 0.2) is 0 Å². The van der Waals surface area contributed by atoms with E-state index in [4.69, 9.17) is 0 Å². The van der Waals surface area contributed by atoms with Crippen LogP contribution in [0.4, 0.5) is 0 Å². The van der Waals surface area contributed by atoms with E-state index >= 15 is 0 Å². The summed E-state index contributed by atoms with van der Waals surface area (Å²) < 4.78 is 0. The first-order valence-corrected chi connectivity index (χ1v) is 4.67. The summed E-state index contributed by atoms with van der Waals surface area (Å²) in [5, 5.41) is 1.41. The fourth-order valence-electron chi connectivity index (χ4n) is 2.21. The Bertz CT molecular complexity index is 106. The van der Waals surface area contributed by atoms with Crippen LogP contribution in [0.3, 0.4) is 0 Å². The monoisotopic (exact) mass is 160 g/mol. The lowest BCUT2D eigenvalue weighted by Gasteiger charge is -2.20. The molecule has 0 radical (unpaired) electrons. The van der Waals surface area contributed by atoms with Crippen LogP contribution in [-0.2, 0) is 0 Å². The molecular formula is C7H12S2. The van der Waals surface area contributed by atoms with Gasteiger partial charge in [0.1, 0.15) is 0 Å². The third kappa shape index (κ3) is 0.911. The summed E-state index contributed by atoms with van der Waals surface area (Å²) >= 11 is 9.01. The van der Waals surface area contributed by atoms with Crippen molar-refractivity contribution in [1.82, 2.24) is 0 Å². The molecule has 2 bridgehead atoms. The summed E-state index contributed by atoms with van der Waals surface area (Å²) in [6, 6.07) is 0. The number of thiol groups is 2. The van der Waals surface area contributed by atoms with E-state index in [0.29, 0.717) is 10.5 Å². The maximum atomic E-state index is 4.50. The normalized spacial score (nSPS) is 56.7. The second kappa shape index (κ2) is 2.09. The molecule has 4 atom stereocenters. The lowest BCUT2D eigenvalue weighted by molar-refractivity contribution is 0.508. The van der Waals surface area contributed by atoms with Gasteiger partial charge in [-0.05, 0) is 31.1 Å². The molecule has 52 valence electrons. The molecule has 0 unspecified atom stereocenters. The van der Waals surface area contributed by atoms with Gasteiger partial charge in [-0.15, -0.1) is 0 Å². The molecule has 0 heterocycles. The highest BCUT2D eigenvalue weighted by molar-refractivity contribution is 7.81. The fraction of sp³-hybridized carbons (Fsp3) is 1.00. The zero-order valence-electron chi connectivity index (χ0n) is 5.33. The number of rotatable bonds is 0. The van der Waals surface area contributed by atoms with Crippen molar-refractivity contribution in [3.8, 4) is 0 Å². The van der Waals surface area contributed by atoms with Gasteiger partial charge in [-0.1, -0.05) is 0 Å². The fourth-order valence-corrected chi connectivity index (χ4v) is 3.24. The smallest absolute Gasteiger partial charge is 0.00486 e. The Morgan fingerprint density at radius 3 is 1.44 bits per heavy atom. The van der Waals surface area contributed by atoms with Crippen LogP contribution in [0.15, 0.2) is 0 Å². The van der Waals surface area contributed by atoms with Gasteiger partial charge in [0.2, 0.25) is 0 Å². The van der Waals surface area contributed by atoms with Crippen molar-refractivity contribution in [3.05, 3.63) is 0 Å². The van der Waals surface area contributed by atoms with E-state index in [-0.39, 0.29) is 0 Å². The van der Waals surface area contributed by atoms with Crippen molar-refractivity contribution in [2.24, 2.45) is 11.8 Å². The molecule has 2 rings (SSSR count). The first-order valence-electron chi connectivity index (χ1n) is 3.63. The van der Waals surface area contributed by atoms with Crippen LogP contribution in [0.1, 0.15) is 19.3 Å². The molecule has 2 heteroatoms. The highest BCUT2D eigenvalue weighted by Gasteiger charge is 2.42. The predicted molar refractivity (Wildman–Crippen MR) is 46.4 cm³/mol. The van der Waals surface area contributed by atoms with Crippen LogP contribution < -0.4 is 0 Å². The van der Waals surface area contributed by atoms with Crippen LogP contribution in [0, 0.1) is 11.8 Å². The quantitative estimate of drug-likeness (QED) is 0.498. The van der Waals surface area contributed by atoms with Gasteiger partial charge >= 0.3 is 0 Å². The summed E-state index contributed by atoms with van der Waals surface area (Å²) in [5.74, 6) is 1.81. The molecule has 0 aromatic rings. The lowest BCUT2D eigenvalue weighted by Crippen LogP contribution is -2.17. The van der Waals surface area contributed by atoms with Crippen LogP contribution in [0.2, 0.25) is 0 Å². The van der Waals surface area contributed by atoms with E-state index < -0.39 is 0 Å². The van der Waals surface area contributed by atoms with Crippen molar-refractivity contribution in [3.63, 3.8) is 0 Å². The maximum Gasteiger partial charge on any atom is 0.00486 e. The van der Waals surface area contributed by atoms with Crippen LogP contribution in [0.25, 0.3) is 0 Å². The summed E-state index contributed by atoms with van der Waals surface area (Å²) in [6.45, 7) is 0. The molecule has 0 N–H and O–H groups in total. The van der Waals surface area contributed by atoms with Gasteiger partial charge < -0.3 is 0 Å². The van der Waals surface area contributed by atoms with E-state index in [1.807, 2.05) is 0 Å². The maximum absolute atomic E-state index is 4.50. The van der Waals surface area contributed by atoms with Crippen molar-refractivity contribution in [1.29, 1.82) is 0 Å². The zero-order chi connectivity index (χ0) is 6.43. The molecule has 0 saturated heterocycles. The molecule has 2 aliphatic carbocycles. The van der Waals surface area contributed by atoms with E-state index in [9.17, 15) is 0 Å². The predicted octanol–water partition coefficient (Wildman–Crippen LogP) is 2.01. The number of fused-ring (bicyclic) bond motifs is 2. The summed E-state index contributed by atoms with van der Waals surface area (Å²) in [6.07, 6.45) is 4.05. The average molecular weight is 160 g/mol. The third-order valence-corrected chi connectivity index (χ3v) is 4.05. The van der Waals surface area contributed by atoms with Crippen molar-refractivity contribution in [2.75, 3.05) is 0 Å². The standard InChI is InChI=1S/C7H12S2/c8-6-2-4-1-5(6)3-7(4)9/h4-9H,1-3H2/t4-,5+,6-,7-/m1/s1. The van der Waals surface area contributed by atoms with Gasteiger partial charge in [-0.2, -0.15) is 25.3 Å². The molecule has 0 aliphatic heterocycles. The Labute approximate surface area is 67.2 Å². The lowest BCUT2D eigenvalue weighted by atomic mass is 10.00. The molecule has 0 nitrogen and oxygen atoms in total. The van der Waals surface area contributed by atoms with Gasteiger partial charge in [0, 0.05) is 10.5 Å². The first kappa shape index (κ1) is 6.41. The Morgan fingerprint density at radius 1 is 0.778 bits per heavy atom. The topological polar surface area (TPSA) is 0 Å². The minimum absolute atomic E-state index is 0.707. The Morgan fingerprint density at radius 2 is 1.22 bits per heavy atom. The molecule has 9 heavy (non-hydrogen) atoms. The third-order valence-electron chi connectivity index (χ3n) is 2.78. The van der Waals surface area contributed by atoms with E-state index in [1.165, 1.54) is 19.3 Å². The van der Waals surface area contributed by atoms with Gasteiger partial charge in [-0.25, -0.2) is 0 Å². The summed E-state index contributed by atoms with van der Waals surface area (Å²) in [5.41, 5.74) is 0. The van der Waals surface area contributed by atoms with Crippen molar-refractivity contribution < 1.29 is 0 Å². The highest BCUT2D eigenvalue weighted by atomic mass is 32.1. The molecule has 2 saturated carbocycles. The van der Waals surface area contributed by atoms with Gasteiger partial charge in [0.25, 0.3) is 0 Å². The van der Waals surface area contributed by atoms with Crippen molar-refractivity contribution >= 4 is 25.3 Å². The van der Waals surface area contributed by atoms with Crippen LogP contribution in [-0.4, -0.2) is 10.5 Å². The number of hydrogen-bond acceptors (Lipinski definition) is 2. The van der Waals surface area contributed by atoms with Crippen LogP contribution in [0.5, 0.6) is 0 Å². The number of hydrogen-bond donors (Lipinski definition) is 2. The molecule has 0 aromatic heterocycles. The Balaban J connectivity index is 2.10. The summed E-state index contributed by atoms with van der Waals surface area (Å²) in [4.78, 5) is 0. The highest BCUT2D eigenvalue weighted by Crippen LogP contribution is 2.48. The molecule has 0 aromatic carbocycles. The second-order valence-corrected chi connectivity index (χ2v) is 4.69. The zero-order valence-corrected chi connectivity index (χ0v) is 7.11. The average Bonchev–Trinajstić information content (AvgIpc) is 2.24. The summed E-state index contributed by atoms with van der Waals surface area (Å²) in [7, 11) is 0. The van der Waals surface area contributed by atoms with Gasteiger partial charge in [-0.3, -0.25) is 0 Å². The Kier molecular flexibility index (Phi) is 1.49. The minimum Gasteiger partial charge on any atom is -0.176 e. The van der Waals surface area contributed by atoms with Gasteiger partial charge in [0.05, 0.1) is 0 Å². The van der Waals surface area contributed by atoms with E-state index in [1.54, 1.807) is 0 Å². The minimum atomic E-state index is 0.707. The molecule has 2 fully saturated rings. The molecule has 0 amide bonds. The largest absolute Gasteiger partial charge is 0.176 e. The van der Waals surface area contributed by atoms with E-state index in [0.717, 1.165) is 11.8 Å². The molecule has 0 spiro atoms. The van der Waals surface area contributed by atoms with E-state index in [2.05, 4.69) is 25.3 Å².